The van der Waals surface area contributed by atoms with Gasteiger partial charge in [-0.05, 0) is 12.5 Å². The van der Waals surface area contributed by atoms with Crippen LogP contribution in [0.5, 0.6) is 0 Å². The maximum Gasteiger partial charge on any atom is 0.331 e. The van der Waals surface area contributed by atoms with Crippen molar-refractivity contribution in [3.05, 3.63) is 48.0 Å². The molecule has 0 radical (unpaired) electrons. The highest BCUT2D eigenvalue weighted by atomic mass is 16.7. The first-order chi connectivity index (χ1) is 11.2. The summed E-state index contributed by atoms with van der Waals surface area (Å²) in [7, 11) is 0. The standard InChI is InChI=1S/C19H18N2O2/c1-3-13-11-21-17-10-5-4-7-14(17)15-8-6-9-16(19(15)21)18(13)20-23-12(2)22/h4-10,13H,3,11H2,1-2H3/b20-18+. The van der Waals surface area contributed by atoms with Crippen molar-refractivity contribution in [1.82, 2.24) is 4.57 Å². The lowest BCUT2D eigenvalue weighted by molar-refractivity contribution is -0.140. The summed E-state index contributed by atoms with van der Waals surface area (Å²) in [4.78, 5) is 16.1. The summed E-state index contributed by atoms with van der Waals surface area (Å²) in [5.41, 5.74) is 4.38. The molecule has 0 fully saturated rings. The predicted octanol–water partition coefficient (Wildman–Crippen LogP) is 4.10. The van der Waals surface area contributed by atoms with Crippen LogP contribution in [0.3, 0.4) is 0 Å². The SMILES string of the molecule is CCC1Cn2c3ccccc3c3cccc(c32)/C1=N/OC(C)=O. The first-order valence-corrected chi connectivity index (χ1v) is 7.96. The van der Waals surface area contributed by atoms with E-state index < -0.39 is 0 Å². The van der Waals surface area contributed by atoms with Gasteiger partial charge in [-0.2, -0.15) is 0 Å². The second-order valence-corrected chi connectivity index (χ2v) is 5.99. The van der Waals surface area contributed by atoms with Crippen LogP contribution in [0.15, 0.2) is 47.6 Å². The topological polar surface area (TPSA) is 43.6 Å². The zero-order chi connectivity index (χ0) is 16.0. The molecule has 1 unspecified atom stereocenters. The monoisotopic (exact) mass is 306 g/mol. The van der Waals surface area contributed by atoms with Crippen LogP contribution in [-0.2, 0) is 16.2 Å². The molecule has 0 aliphatic carbocycles. The summed E-state index contributed by atoms with van der Waals surface area (Å²) in [5.74, 6) is -0.145. The molecule has 4 heteroatoms. The van der Waals surface area contributed by atoms with Gasteiger partial charge in [0.2, 0.25) is 0 Å². The molecular formula is C19H18N2O2. The third-order valence-corrected chi connectivity index (χ3v) is 4.62. The van der Waals surface area contributed by atoms with E-state index in [0.29, 0.717) is 0 Å². The molecule has 23 heavy (non-hydrogen) atoms. The van der Waals surface area contributed by atoms with Crippen molar-refractivity contribution in [3.8, 4) is 0 Å². The lowest BCUT2D eigenvalue weighted by Crippen LogP contribution is -2.26. The fourth-order valence-electron chi connectivity index (χ4n) is 3.59. The van der Waals surface area contributed by atoms with Crippen molar-refractivity contribution in [2.45, 2.75) is 26.8 Å². The van der Waals surface area contributed by atoms with Crippen LogP contribution in [0.2, 0.25) is 0 Å². The minimum absolute atomic E-state index is 0.239. The Labute approximate surface area is 134 Å². The minimum Gasteiger partial charge on any atom is -0.339 e. The molecule has 0 N–H and O–H groups in total. The van der Waals surface area contributed by atoms with E-state index >= 15 is 0 Å². The number of rotatable bonds is 2. The second-order valence-electron chi connectivity index (χ2n) is 5.99. The number of hydrogen-bond donors (Lipinski definition) is 0. The van der Waals surface area contributed by atoms with E-state index in [4.69, 9.17) is 4.84 Å². The molecule has 1 atom stereocenters. The molecule has 2 heterocycles. The van der Waals surface area contributed by atoms with E-state index in [1.807, 2.05) is 0 Å². The number of carbonyl (C=O) groups is 1. The van der Waals surface area contributed by atoms with E-state index in [9.17, 15) is 4.79 Å². The van der Waals surface area contributed by atoms with Crippen LogP contribution in [0.1, 0.15) is 25.8 Å². The fourth-order valence-corrected chi connectivity index (χ4v) is 3.59. The summed E-state index contributed by atoms with van der Waals surface area (Å²) in [6.07, 6.45) is 0.947. The van der Waals surface area contributed by atoms with E-state index in [2.05, 4.69) is 59.1 Å². The number of aromatic nitrogens is 1. The highest BCUT2D eigenvalue weighted by molar-refractivity contribution is 6.19. The molecule has 2 aromatic carbocycles. The predicted molar refractivity (Wildman–Crippen MR) is 91.5 cm³/mol. The van der Waals surface area contributed by atoms with Gasteiger partial charge in [-0.3, -0.25) is 0 Å². The number of carbonyl (C=O) groups excluding carboxylic acids is 1. The summed E-state index contributed by atoms with van der Waals surface area (Å²) >= 11 is 0. The molecule has 4 rings (SSSR count). The Bertz CT molecular complexity index is 953. The number of para-hydroxylation sites is 2. The molecule has 0 saturated carbocycles. The summed E-state index contributed by atoms with van der Waals surface area (Å²) < 4.78 is 2.38. The van der Waals surface area contributed by atoms with E-state index in [-0.39, 0.29) is 11.9 Å². The molecule has 1 aromatic heterocycles. The zero-order valence-electron chi connectivity index (χ0n) is 13.2. The van der Waals surface area contributed by atoms with E-state index in [1.165, 1.54) is 28.7 Å². The highest BCUT2D eigenvalue weighted by Gasteiger charge is 2.28. The molecule has 116 valence electrons. The highest BCUT2D eigenvalue weighted by Crippen LogP contribution is 2.37. The number of benzene rings is 2. The first-order valence-electron chi connectivity index (χ1n) is 7.96. The van der Waals surface area contributed by atoms with Crippen molar-refractivity contribution in [3.63, 3.8) is 0 Å². The van der Waals surface area contributed by atoms with Crippen molar-refractivity contribution in [2.24, 2.45) is 11.1 Å². The largest absolute Gasteiger partial charge is 0.339 e. The smallest absolute Gasteiger partial charge is 0.331 e. The molecule has 4 nitrogen and oxygen atoms in total. The maximum absolute atomic E-state index is 11.2. The van der Waals surface area contributed by atoms with Gasteiger partial charge in [0.15, 0.2) is 0 Å². The average Bonchev–Trinajstić information content (AvgIpc) is 2.89. The Morgan fingerprint density at radius 1 is 1.22 bits per heavy atom. The molecule has 0 spiro atoms. The normalized spacial score (nSPS) is 18.7. The quantitative estimate of drug-likeness (QED) is 0.528. The second kappa shape index (κ2) is 5.23. The molecule has 0 bridgehead atoms. The molecular weight excluding hydrogens is 288 g/mol. The van der Waals surface area contributed by atoms with E-state index in [1.54, 1.807) is 0 Å². The third kappa shape index (κ3) is 2.05. The Hall–Kier alpha value is -2.62. The van der Waals surface area contributed by atoms with Gasteiger partial charge in [0.25, 0.3) is 0 Å². The van der Waals surface area contributed by atoms with Gasteiger partial charge in [-0.25, -0.2) is 4.79 Å². The van der Waals surface area contributed by atoms with Gasteiger partial charge < -0.3 is 9.40 Å². The minimum atomic E-state index is -0.384. The Kier molecular flexibility index (Phi) is 3.18. The molecule has 0 amide bonds. The molecule has 3 aromatic rings. The Balaban J connectivity index is 2.05. The van der Waals surface area contributed by atoms with Crippen LogP contribution >= 0.6 is 0 Å². The van der Waals surface area contributed by atoms with Gasteiger partial charge >= 0.3 is 5.97 Å². The van der Waals surface area contributed by atoms with Crippen molar-refractivity contribution >= 4 is 33.5 Å². The van der Waals surface area contributed by atoms with Crippen molar-refractivity contribution < 1.29 is 9.63 Å². The van der Waals surface area contributed by atoms with Gasteiger partial charge in [0, 0.05) is 41.2 Å². The number of nitrogens with zero attached hydrogens (tertiary/aromatic N) is 2. The van der Waals surface area contributed by atoms with Crippen LogP contribution in [0.4, 0.5) is 0 Å². The molecule has 1 aliphatic heterocycles. The van der Waals surface area contributed by atoms with Crippen LogP contribution < -0.4 is 0 Å². The number of fused-ring (bicyclic) bond motifs is 3. The van der Waals surface area contributed by atoms with Gasteiger partial charge in [0.05, 0.1) is 11.2 Å². The number of oxime groups is 1. The zero-order valence-corrected chi connectivity index (χ0v) is 13.2. The summed E-state index contributed by atoms with van der Waals surface area (Å²) in [6.45, 7) is 4.38. The summed E-state index contributed by atoms with van der Waals surface area (Å²) in [6, 6.07) is 14.7. The van der Waals surface area contributed by atoms with Crippen LogP contribution in [0.25, 0.3) is 21.8 Å². The Morgan fingerprint density at radius 2 is 2.00 bits per heavy atom. The summed E-state index contributed by atoms with van der Waals surface area (Å²) in [5, 5.41) is 6.67. The van der Waals surface area contributed by atoms with E-state index in [0.717, 1.165) is 24.2 Å². The van der Waals surface area contributed by atoms with Gasteiger partial charge in [-0.15, -0.1) is 0 Å². The van der Waals surface area contributed by atoms with Gasteiger partial charge in [-0.1, -0.05) is 48.5 Å². The number of hydrogen-bond acceptors (Lipinski definition) is 3. The van der Waals surface area contributed by atoms with Crippen LogP contribution in [0, 0.1) is 5.92 Å². The molecule has 1 aliphatic rings. The van der Waals surface area contributed by atoms with Gasteiger partial charge in [0.1, 0.15) is 0 Å². The lowest BCUT2D eigenvalue weighted by Gasteiger charge is -2.25. The van der Waals surface area contributed by atoms with Crippen LogP contribution in [-0.4, -0.2) is 16.2 Å². The molecule has 0 saturated heterocycles. The lowest BCUT2D eigenvalue weighted by atomic mass is 9.90. The Morgan fingerprint density at radius 3 is 2.78 bits per heavy atom. The fraction of sp³-hybridized carbons (Fsp3) is 0.263. The maximum atomic E-state index is 11.2. The van der Waals surface area contributed by atoms with Crippen molar-refractivity contribution in [1.29, 1.82) is 0 Å². The van der Waals surface area contributed by atoms with Crippen molar-refractivity contribution in [2.75, 3.05) is 0 Å². The third-order valence-electron chi connectivity index (χ3n) is 4.62. The average molecular weight is 306 g/mol. The first kappa shape index (κ1) is 14.0.